The quantitative estimate of drug-likeness (QED) is 0.905. The van der Waals surface area contributed by atoms with Gasteiger partial charge >= 0.3 is 0 Å². The lowest BCUT2D eigenvalue weighted by atomic mass is 10.1. The van der Waals surface area contributed by atoms with Gasteiger partial charge in [-0.1, -0.05) is 6.92 Å². The Balaban J connectivity index is 1.86. The lowest BCUT2D eigenvalue weighted by molar-refractivity contribution is 0.0910. The van der Waals surface area contributed by atoms with E-state index in [1.54, 1.807) is 13.0 Å². The molecule has 1 fully saturated rings. The number of carbonyl (C=O) groups is 1. The monoisotopic (exact) mass is 275 g/mol. The maximum atomic E-state index is 13.3. The Morgan fingerprint density at radius 2 is 2.20 bits per heavy atom. The zero-order valence-corrected chi connectivity index (χ0v) is 11.7. The second kappa shape index (κ2) is 4.93. The summed E-state index contributed by atoms with van der Waals surface area (Å²) in [5.74, 6) is 0.438. The van der Waals surface area contributed by atoms with Crippen LogP contribution in [0.4, 0.5) is 4.39 Å². The van der Waals surface area contributed by atoms with Crippen molar-refractivity contribution in [2.45, 2.75) is 39.2 Å². The SMILES string of the molecule is Cc1c(C(=O)NC2CCC(C)C2)oc2ccc(F)cc12. The molecule has 1 aromatic heterocycles. The van der Waals surface area contributed by atoms with Crippen molar-refractivity contribution in [2.75, 3.05) is 0 Å². The molecule has 2 unspecified atom stereocenters. The highest BCUT2D eigenvalue weighted by molar-refractivity contribution is 5.99. The van der Waals surface area contributed by atoms with E-state index in [4.69, 9.17) is 4.42 Å². The van der Waals surface area contributed by atoms with E-state index in [0.717, 1.165) is 19.3 Å². The summed E-state index contributed by atoms with van der Waals surface area (Å²) in [6.07, 6.45) is 3.18. The van der Waals surface area contributed by atoms with E-state index in [9.17, 15) is 9.18 Å². The van der Waals surface area contributed by atoms with Crippen molar-refractivity contribution in [1.29, 1.82) is 0 Å². The maximum absolute atomic E-state index is 13.3. The molecule has 1 aliphatic rings. The van der Waals surface area contributed by atoms with Crippen LogP contribution in [-0.4, -0.2) is 11.9 Å². The summed E-state index contributed by atoms with van der Waals surface area (Å²) in [6.45, 7) is 3.98. The number of hydrogen-bond donors (Lipinski definition) is 1. The number of carbonyl (C=O) groups excluding carboxylic acids is 1. The lowest BCUT2D eigenvalue weighted by Gasteiger charge is -2.11. The van der Waals surface area contributed by atoms with Crippen molar-refractivity contribution in [3.05, 3.63) is 35.3 Å². The van der Waals surface area contributed by atoms with Crippen LogP contribution in [0.3, 0.4) is 0 Å². The molecular formula is C16H18FNO2. The van der Waals surface area contributed by atoms with Gasteiger partial charge < -0.3 is 9.73 Å². The molecule has 2 atom stereocenters. The van der Waals surface area contributed by atoms with Gasteiger partial charge in [-0.2, -0.15) is 0 Å². The summed E-state index contributed by atoms with van der Waals surface area (Å²) < 4.78 is 18.8. The van der Waals surface area contributed by atoms with Crippen molar-refractivity contribution >= 4 is 16.9 Å². The van der Waals surface area contributed by atoms with Gasteiger partial charge in [-0.25, -0.2) is 4.39 Å². The van der Waals surface area contributed by atoms with E-state index in [-0.39, 0.29) is 17.8 Å². The molecule has 1 saturated carbocycles. The van der Waals surface area contributed by atoms with E-state index in [1.807, 2.05) is 0 Å². The van der Waals surface area contributed by atoms with Gasteiger partial charge in [0.1, 0.15) is 11.4 Å². The third-order valence-corrected chi connectivity index (χ3v) is 4.13. The molecule has 0 spiro atoms. The Bertz CT molecular complexity index is 662. The number of benzene rings is 1. The normalized spacial score (nSPS) is 22.4. The molecule has 1 heterocycles. The van der Waals surface area contributed by atoms with Crippen LogP contribution in [0.15, 0.2) is 22.6 Å². The Morgan fingerprint density at radius 1 is 1.40 bits per heavy atom. The van der Waals surface area contributed by atoms with Crippen LogP contribution in [0.25, 0.3) is 11.0 Å². The standard InChI is InChI=1S/C16H18FNO2/c1-9-3-5-12(7-9)18-16(19)15-10(2)13-8-11(17)4-6-14(13)20-15/h4,6,8-9,12H,3,5,7H2,1-2H3,(H,18,19). The number of halogens is 1. The topological polar surface area (TPSA) is 42.2 Å². The second-order valence-electron chi connectivity index (χ2n) is 5.79. The third-order valence-electron chi connectivity index (χ3n) is 4.13. The fourth-order valence-electron chi connectivity index (χ4n) is 3.00. The van der Waals surface area contributed by atoms with Crippen molar-refractivity contribution in [1.82, 2.24) is 5.32 Å². The van der Waals surface area contributed by atoms with E-state index < -0.39 is 0 Å². The van der Waals surface area contributed by atoms with Crippen LogP contribution >= 0.6 is 0 Å². The summed E-state index contributed by atoms with van der Waals surface area (Å²) in [4.78, 5) is 12.3. The van der Waals surface area contributed by atoms with Crippen LogP contribution in [-0.2, 0) is 0 Å². The van der Waals surface area contributed by atoms with Crippen LogP contribution in [0.1, 0.15) is 42.3 Å². The van der Waals surface area contributed by atoms with Crippen molar-refractivity contribution in [2.24, 2.45) is 5.92 Å². The van der Waals surface area contributed by atoms with Crippen molar-refractivity contribution < 1.29 is 13.6 Å². The van der Waals surface area contributed by atoms with Crippen LogP contribution in [0.2, 0.25) is 0 Å². The maximum Gasteiger partial charge on any atom is 0.287 e. The molecule has 0 bridgehead atoms. The van der Waals surface area contributed by atoms with Gasteiger partial charge in [0.25, 0.3) is 5.91 Å². The molecule has 1 aliphatic carbocycles. The minimum absolute atomic E-state index is 0.196. The Labute approximate surface area is 117 Å². The molecule has 0 aliphatic heterocycles. The smallest absolute Gasteiger partial charge is 0.287 e. The molecule has 3 nitrogen and oxygen atoms in total. The summed E-state index contributed by atoms with van der Waals surface area (Å²) in [5, 5.41) is 3.68. The first kappa shape index (κ1) is 13.2. The van der Waals surface area contributed by atoms with Gasteiger partial charge in [-0.15, -0.1) is 0 Å². The first-order valence-electron chi connectivity index (χ1n) is 7.04. The number of aryl methyl sites for hydroxylation is 1. The summed E-state index contributed by atoms with van der Waals surface area (Å²) in [6, 6.07) is 4.53. The summed E-state index contributed by atoms with van der Waals surface area (Å²) in [5.41, 5.74) is 1.25. The fourth-order valence-corrected chi connectivity index (χ4v) is 3.00. The highest BCUT2D eigenvalue weighted by Crippen LogP contribution is 2.28. The zero-order valence-electron chi connectivity index (χ0n) is 11.7. The van der Waals surface area contributed by atoms with Crippen LogP contribution < -0.4 is 5.32 Å². The molecule has 0 saturated heterocycles. The lowest BCUT2D eigenvalue weighted by Crippen LogP contribution is -2.33. The predicted molar refractivity (Wildman–Crippen MR) is 75.2 cm³/mol. The highest BCUT2D eigenvalue weighted by Gasteiger charge is 2.25. The largest absolute Gasteiger partial charge is 0.451 e. The number of fused-ring (bicyclic) bond motifs is 1. The van der Waals surface area contributed by atoms with E-state index in [0.29, 0.717) is 28.2 Å². The number of amides is 1. The van der Waals surface area contributed by atoms with Crippen LogP contribution in [0, 0.1) is 18.7 Å². The van der Waals surface area contributed by atoms with Gasteiger partial charge in [0.2, 0.25) is 0 Å². The molecular weight excluding hydrogens is 257 g/mol. The molecule has 1 amide bonds. The predicted octanol–water partition coefficient (Wildman–Crippen LogP) is 3.80. The molecule has 4 heteroatoms. The number of rotatable bonds is 2. The minimum Gasteiger partial charge on any atom is -0.451 e. The Kier molecular flexibility index (Phi) is 3.24. The fraction of sp³-hybridized carbons (Fsp3) is 0.438. The Hall–Kier alpha value is -1.84. The second-order valence-corrected chi connectivity index (χ2v) is 5.79. The summed E-state index contributed by atoms with van der Waals surface area (Å²) >= 11 is 0. The first-order valence-corrected chi connectivity index (χ1v) is 7.04. The molecule has 1 N–H and O–H groups in total. The Morgan fingerprint density at radius 3 is 2.90 bits per heavy atom. The number of hydrogen-bond acceptors (Lipinski definition) is 2. The average molecular weight is 275 g/mol. The molecule has 1 aromatic carbocycles. The molecule has 0 radical (unpaired) electrons. The van der Waals surface area contributed by atoms with E-state index in [2.05, 4.69) is 12.2 Å². The summed E-state index contributed by atoms with van der Waals surface area (Å²) in [7, 11) is 0. The van der Waals surface area contributed by atoms with Gasteiger partial charge in [0.15, 0.2) is 5.76 Å². The zero-order chi connectivity index (χ0) is 14.3. The van der Waals surface area contributed by atoms with Gasteiger partial charge in [0.05, 0.1) is 0 Å². The minimum atomic E-state index is -0.321. The highest BCUT2D eigenvalue weighted by atomic mass is 19.1. The number of furan rings is 1. The van der Waals surface area contributed by atoms with Crippen LogP contribution in [0.5, 0.6) is 0 Å². The first-order chi connectivity index (χ1) is 9.54. The molecule has 3 rings (SSSR count). The van der Waals surface area contributed by atoms with E-state index in [1.165, 1.54) is 12.1 Å². The van der Waals surface area contributed by atoms with Crippen molar-refractivity contribution in [3.63, 3.8) is 0 Å². The third kappa shape index (κ3) is 2.30. The average Bonchev–Trinajstić information content (AvgIpc) is 2.94. The van der Waals surface area contributed by atoms with Gasteiger partial charge in [-0.05, 0) is 50.3 Å². The van der Waals surface area contributed by atoms with Gasteiger partial charge in [0, 0.05) is 17.0 Å². The van der Waals surface area contributed by atoms with Crippen molar-refractivity contribution in [3.8, 4) is 0 Å². The van der Waals surface area contributed by atoms with Gasteiger partial charge in [-0.3, -0.25) is 4.79 Å². The molecule has 2 aromatic rings. The van der Waals surface area contributed by atoms with E-state index >= 15 is 0 Å². The molecule has 20 heavy (non-hydrogen) atoms. The molecule has 106 valence electrons. The number of nitrogens with one attached hydrogen (secondary N) is 1.